The van der Waals surface area contributed by atoms with Crippen LogP contribution in [0.5, 0.6) is 11.5 Å². The van der Waals surface area contributed by atoms with E-state index in [0.717, 1.165) is 5.56 Å². The van der Waals surface area contributed by atoms with Crippen LogP contribution in [0, 0.1) is 0 Å². The molecule has 170 valence electrons. The van der Waals surface area contributed by atoms with Crippen LogP contribution in [0.2, 0.25) is 5.02 Å². The van der Waals surface area contributed by atoms with Crippen molar-refractivity contribution in [3.05, 3.63) is 88.2 Å². The Bertz CT molecular complexity index is 1270. The predicted molar refractivity (Wildman–Crippen MR) is 130 cm³/mol. The van der Waals surface area contributed by atoms with Crippen molar-refractivity contribution < 1.29 is 14.2 Å². The Morgan fingerprint density at radius 1 is 0.848 bits per heavy atom. The molecule has 0 aliphatic rings. The smallest absolute Gasteiger partial charge is 0.261 e. The van der Waals surface area contributed by atoms with Gasteiger partial charge in [0, 0.05) is 10.6 Å². The van der Waals surface area contributed by atoms with Crippen molar-refractivity contribution >= 4 is 22.5 Å². The average molecular weight is 465 g/mol. The normalized spacial score (nSPS) is 11.0. The summed E-state index contributed by atoms with van der Waals surface area (Å²) in [4.78, 5) is 17.9. The van der Waals surface area contributed by atoms with E-state index in [4.69, 9.17) is 30.8 Å². The minimum absolute atomic E-state index is 0.101. The lowest BCUT2D eigenvalue weighted by molar-refractivity contribution is 0.0928. The minimum atomic E-state index is -0.101. The van der Waals surface area contributed by atoms with E-state index in [2.05, 4.69) is 0 Å². The van der Waals surface area contributed by atoms with Crippen molar-refractivity contribution in [2.45, 2.75) is 13.5 Å². The lowest BCUT2D eigenvalue weighted by atomic mass is 10.2. The number of hydrogen-bond donors (Lipinski definition) is 0. The number of fused-ring (bicyclic) bond motifs is 1. The van der Waals surface area contributed by atoms with Crippen molar-refractivity contribution in [2.75, 3.05) is 26.4 Å². The van der Waals surface area contributed by atoms with Gasteiger partial charge in [-0.2, -0.15) is 0 Å². The Morgan fingerprint density at radius 2 is 1.55 bits per heavy atom. The van der Waals surface area contributed by atoms with E-state index in [-0.39, 0.29) is 5.56 Å². The van der Waals surface area contributed by atoms with Gasteiger partial charge in [-0.05, 0) is 55.5 Å². The van der Waals surface area contributed by atoms with E-state index in [1.165, 1.54) is 0 Å². The molecule has 0 aliphatic heterocycles. The molecule has 0 unspecified atom stereocenters. The van der Waals surface area contributed by atoms with Gasteiger partial charge in [0.05, 0.1) is 37.3 Å². The average Bonchev–Trinajstić information content (AvgIpc) is 2.84. The summed E-state index contributed by atoms with van der Waals surface area (Å²) in [7, 11) is 0. The van der Waals surface area contributed by atoms with Crippen LogP contribution >= 0.6 is 11.6 Å². The van der Waals surface area contributed by atoms with Crippen LogP contribution in [-0.4, -0.2) is 36.0 Å². The molecule has 3 aromatic carbocycles. The third kappa shape index (κ3) is 5.53. The van der Waals surface area contributed by atoms with Gasteiger partial charge in [0.15, 0.2) is 11.5 Å². The molecule has 0 spiro atoms. The maximum Gasteiger partial charge on any atom is 0.261 e. The third-order valence-electron chi connectivity index (χ3n) is 5.06. The number of aromatic nitrogens is 2. The summed E-state index contributed by atoms with van der Waals surface area (Å²) in [5, 5.41) is 1.20. The van der Waals surface area contributed by atoms with E-state index in [9.17, 15) is 4.79 Å². The monoisotopic (exact) mass is 464 g/mol. The Balaban J connectivity index is 1.44. The Morgan fingerprint density at radius 3 is 2.30 bits per heavy atom. The number of para-hydroxylation sites is 3. The number of ether oxygens (including phenoxy) is 3. The minimum Gasteiger partial charge on any atom is -0.490 e. The predicted octanol–water partition coefficient (Wildman–Crippen LogP) is 5.21. The van der Waals surface area contributed by atoms with Crippen molar-refractivity contribution in [3.63, 3.8) is 0 Å². The van der Waals surface area contributed by atoms with Gasteiger partial charge in [-0.3, -0.25) is 9.36 Å². The lowest BCUT2D eigenvalue weighted by Gasteiger charge is -2.15. The molecular weight excluding hydrogens is 440 g/mol. The molecule has 33 heavy (non-hydrogen) atoms. The van der Waals surface area contributed by atoms with Crippen LogP contribution in [0.1, 0.15) is 6.92 Å². The Kier molecular flexibility index (Phi) is 7.60. The number of benzene rings is 3. The third-order valence-corrected chi connectivity index (χ3v) is 5.31. The van der Waals surface area contributed by atoms with E-state index in [1.54, 1.807) is 22.8 Å². The first kappa shape index (κ1) is 22.8. The molecule has 4 aromatic rings. The molecule has 1 aromatic heterocycles. The molecule has 7 heteroatoms. The first-order valence-electron chi connectivity index (χ1n) is 10.8. The molecule has 0 saturated heterocycles. The SMILES string of the molecule is CCOc1ccccc1OCCOCCn1c(-c2ccc(Cl)cc2)nc2ccccc2c1=O. The molecular formula is C26H25ClN2O4. The van der Waals surface area contributed by atoms with Crippen molar-refractivity contribution in [2.24, 2.45) is 0 Å². The first-order valence-corrected chi connectivity index (χ1v) is 11.2. The molecule has 0 fully saturated rings. The molecule has 0 amide bonds. The van der Waals surface area contributed by atoms with Gasteiger partial charge >= 0.3 is 0 Å². The maximum absolute atomic E-state index is 13.2. The second kappa shape index (κ2) is 11.0. The van der Waals surface area contributed by atoms with Gasteiger partial charge in [-0.1, -0.05) is 35.9 Å². The van der Waals surface area contributed by atoms with Gasteiger partial charge in [0.2, 0.25) is 0 Å². The molecule has 0 atom stereocenters. The molecule has 0 bridgehead atoms. The summed E-state index contributed by atoms with van der Waals surface area (Å²) in [6.07, 6.45) is 0. The van der Waals surface area contributed by atoms with Crippen molar-refractivity contribution in [1.29, 1.82) is 0 Å². The zero-order valence-corrected chi connectivity index (χ0v) is 19.1. The highest BCUT2D eigenvalue weighted by Crippen LogP contribution is 2.26. The van der Waals surface area contributed by atoms with Crippen LogP contribution in [0.25, 0.3) is 22.3 Å². The van der Waals surface area contributed by atoms with Gasteiger partial charge < -0.3 is 14.2 Å². The molecule has 0 radical (unpaired) electrons. The number of nitrogens with zero attached hydrogens (tertiary/aromatic N) is 2. The van der Waals surface area contributed by atoms with Crippen LogP contribution in [0.15, 0.2) is 77.6 Å². The van der Waals surface area contributed by atoms with E-state index in [1.807, 2.05) is 61.5 Å². The van der Waals surface area contributed by atoms with E-state index < -0.39 is 0 Å². The first-order chi connectivity index (χ1) is 16.2. The summed E-state index contributed by atoms with van der Waals surface area (Å²) in [6.45, 7) is 3.97. The van der Waals surface area contributed by atoms with Crippen molar-refractivity contribution in [1.82, 2.24) is 9.55 Å². The van der Waals surface area contributed by atoms with Gasteiger partial charge in [-0.15, -0.1) is 0 Å². The Hall–Kier alpha value is -3.35. The standard InChI is InChI=1S/C26H25ClN2O4/c1-2-32-23-9-5-6-10-24(23)33-18-17-31-16-15-29-25(19-11-13-20(27)14-12-19)28-22-8-4-3-7-21(22)26(29)30/h3-14H,2,15-18H2,1H3. The zero-order chi connectivity index (χ0) is 23.0. The van der Waals surface area contributed by atoms with Gasteiger partial charge in [-0.25, -0.2) is 4.98 Å². The highest BCUT2D eigenvalue weighted by atomic mass is 35.5. The summed E-state index contributed by atoms with van der Waals surface area (Å²) in [5.41, 5.74) is 1.38. The number of rotatable bonds is 10. The largest absolute Gasteiger partial charge is 0.490 e. The summed E-state index contributed by atoms with van der Waals surface area (Å²) in [6, 6.07) is 22.2. The van der Waals surface area contributed by atoms with E-state index >= 15 is 0 Å². The molecule has 4 rings (SSSR count). The Labute approximate surface area is 197 Å². The molecule has 1 heterocycles. The summed E-state index contributed by atoms with van der Waals surface area (Å²) in [5.74, 6) is 1.98. The topological polar surface area (TPSA) is 62.6 Å². The highest BCUT2D eigenvalue weighted by molar-refractivity contribution is 6.30. The second-order valence-corrected chi connectivity index (χ2v) is 7.69. The van der Waals surface area contributed by atoms with Crippen LogP contribution < -0.4 is 15.0 Å². The zero-order valence-electron chi connectivity index (χ0n) is 18.4. The van der Waals surface area contributed by atoms with Crippen LogP contribution in [0.3, 0.4) is 0 Å². The highest BCUT2D eigenvalue weighted by Gasteiger charge is 2.13. The molecule has 0 saturated carbocycles. The molecule has 0 N–H and O–H groups in total. The fourth-order valence-electron chi connectivity index (χ4n) is 3.51. The van der Waals surface area contributed by atoms with Crippen LogP contribution in [0.4, 0.5) is 0 Å². The lowest BCUT2D eigenvalue weighted by Crippen LogP contribution is -2.26. The number of hydrogen-bond acceptors (Lipinski definition) is 5. The summed E-state index contributed by atoms with van der Waals surface area (Å²) >= 11 is 6.04. The second-order valence-electron chi connectivity index (χ2n) is 7.26. The quantitative estimate of drug-likeness (QED) is 0.301. The van der Waals surface area contributed by atoms with Gasteiger partial charge in [0.1, 0.15) is 12.4 Å². The fourth-order valence-corrected chi connectivity index (χ4v) is 3.63. The summed E-state index contributed by atoms with van der Waals surface area (Å²) < 4.78 is 18.8. The number of halogens is 1. The van der Waals surface area contributed by atoms with Gasteiger partial charge in [0.25, 0.3) is 5.56 Å². The van der Waals surface area contributed by atoms with E-state index in [0.29, 0.717) is 66.2 Å². The molecule has 0 aliphatic carbocycles. The van der Waals surface area contributed by atoms with Crippen LogP contribution in [-0.2, 0) is 11.3 Å². The maximum atomic E-state index is 13.2. The molecule has 6 nitrogen and oxygen atoms in total. The fraction of sp³-hybridized carbons (Fsp3) is 0.231. The van der Waals surface area contributed by atoms with Crippen molar-refractivity contribution in [3.8, 4) is 22.9 Å².